The number of rotatable bonds is 4. The van der Waals surface area contributed by atoms with Crippen molar-refractivity contribution >= 4 is 17.0 Å². The number of pyridine rings is 1. The molecule has 0 aliphatic carbocycles. The predicted molar refractivity (Wildman–Crippen MR) is 85.0 cm³/mol. The molecule has 7 heteroatoms. The molecule has 0 fully saturated rings. The summed E-state index contributed by atoms with van der Waals surface area (Å²) in [6, 6.07) is 1.80. The van der Waals surface area contributed by atoms with Crippen molar-refractivity contribution in [1.29, 1.82) is 0 Å². The molecule has 0 spiro atoms. The second-order valence-electron chi connectivity index (χ2n) is 5.56. The lowest BCUT2D eigenvalue weighted by Gasteiger charge is -2.07. The fourth-order valence-electron chi connectivity index (χ4n) is 2.60. The summed E-state index contributed by atoms with van der Waals surface area (Å²) in [6.45, 7) is 6.14. The fraction of sp³-hybridized carbons (Fsp3) is 0.375. The number of hydrogen-bond acceptors (Lipinski definition) is 5. The van der Waals surface area contributed by atoms with Gasteiger partial charge in [-0.15, -0.1) is 0 Å². The molecule has 0 saturated carbocycles. The smallest absolute Gasteiger partial charge is 0.258 e. The van der Waals surface area contributed by atoms with Crippen LogP contribution in [-0.2, 0) is 20.0 Å². The van der Waals surface area contributed by atoms with Crippen molar-refractivity contribution in [2.75, 3.05) is 0 Å². The summed E-state index contributed by atoms with van der Waals surface area (Å²) in [7, 11) is 1.86. The van der Waals surface area contributed by atoms with Gasteiger partial charge in [-0.2, -0.15) is 5.10 Å². The van der Waals surface area contributed by atoms with E-state index in [1.54, 1.807) is 17.7 Å². The van der Waals surface area contributed by atoms with Gasteiger partial charge in [-0.1, -0.05) is 12.1 Å². The van der Waals surface area contributed by atoms with Gasteiger partial charge < -0.3 is 9.84 Å². The lowest BCUT2D eigenvalue weighted by molar-refractivity contribution is 0.0952. The Balaban J connectivity index is 1.91. The minimum Gasteiger partial charge on any atom is -0.348 e. The molecular formula is C16H19N5O2. The quantitative estimate of drug-likeness (QED) is 0.797. The van der Waals surface area contributed by atoms with Crippen LogP contribution >= 0.6 is 0 Å². The number of aryl methyl sites for hydroxylation is 4. The Morgan fingerprint density at radius 3 is 2.78 bits per heavy atom. The normalized spacial score (nSPS) is 11.1. The van der Waals surface area contributed by atoms with Gasteiger partial charge in [-0.05, 0) is 26.3 Å². The standard InChI is InChI=1S/C16H19N5O2/c1-5-12-6-13(14-10(3)20-23-16(14)18-12)15(22)17-7-11-8-21(4)19-9(11)2/h6,8H,5,7H2,1-4H3,(H,17,22). The van der Waals surface area contributed by atoms with Crippen LogP contribution in [0.3, 0.4) is 0 Å². The van der Waals surface area contributed by atoms with Crippen LogP contribution < -0.4 is 5.32 Å². The van der Waals surface area contributed by atoms with Gasteiger partial charge in [0.05, 0.1) is 22.3 Å². The number of carbonyl (C=O) groups is 1. The summed E-state index contributed by atoms with van der Waals surface area (Å²) in [5, 5.41) is 11.8. The first-order valence-corrected chi connectivity index (χ1v) is 7.52. The van der Waals surface area contributed by atoms with Gasteiger partial charge in [-0.3, -0.25) is 9.48 Å². The maximum absolute atomic E-state index is 12.6. The molecule has 3 rings (SSSR count). The molecule has 1 amide bonds. The molecule has 0 aliphatic rings. The molecular weight excluding hydrogens is 294 g/mol. The van der Waals surface area contributed by atoms with Gasteiger partial charge >= 0.3 is 0 Å². The van der Waals surface area contributed by atoms with Crippen molar-refractivity contribution in [3.05, 3.63) is 40.5 Å². The molecule has 0 atom stereocenters. The minimum atomic E-state index is -0.165. The zero-order chi connectivity index (χ0) is 16.6. The maximum atomic E-state index is 12.6. The van der Waals surface area contributed by atoms with Gasteiger partial charge in [0.2, 0.25) is 0 Å². The van der Waals surface area contributed by atoms with Crippen molar-refractivity contribution in [3.63, 3.8) is 0 Å². The van der Waals surface area contributed by atoms with Gasteiger partial charge in [0.1, 0.15) is 0 Å². The third-order valence-electron chi connectivity index (χ3n) is 3.83. The van der Waals surface area contributed by atoms with Crippen molar-refractivity contribution in [2.24, 2.45) is 7.05 Å². The topological polar surface area (TPSA) is 85.8 Å². The molecule has 3 aromatic heterocycles. The molecule has 3 heterocycles. The number of aromatic nitrogens is 4. The predicted octanol–water partition coefficient (Wildman–Crippen LogP) is 2.07. The summed E-state index contributed by atoms with van der Waals surface area (Å²) in [4.78, 5) is 17.0. The lowest BCUT2D eigenvalue weighted by Crippen LogP contribution is -2.23. The van der Waals surface area contributed by atoms with Gasteiger partial charge in [0.15, 0.2) is 0 Å². The van der Waals surface area contributed by atoms with E-state index >= 15 is 0 Å². The number of fused-ring (bicyclic) bond motifs is 1. The van der Waals surface area contributed by atoms with E-state index in [2.05, 4.69) is 20.6 Å². The molecule has 23 heavy (non-hydrogen) atoms. The number of carbonyl (C=O) groups excluding carboxylic acids is 1. The van der Waals surface area contributed by atoms with Crippen LogP contribution in [0.1, 0.15) is 39.9 Å². The second kappa shape index (κ2) is 5.83. The summed E-state index contributed by atoms with van der Waals surface area (Å²) in [5.74, 6) is -0.165. The number of hydrogen-bond donors (Lipinski definition) is 1. The Bertz CT molecular complexity index is 878. The number of nitrogens with one attached hydrogen (secondary N) is 1. The van der Waals surface area contributed by atoms with Crippen LogP contribution in [0.4, 0.5) is 0 Å². The van der Waals surface area contributed by atoms with E-state index in [0.717, 1.165) is 23.4 Å². The third-order valence-corrected chi connectivity index (χ3v) is 3.83. The average molecular weight is 313 g/mol. The molecule has 0 saturated heterocycles. The Kier molecular flexibility index (Phi) is 3.85. The summed E-state index contributed by atoms with van der Waals surface area (Å²) in [6.07, 6.45) is 2.62. The highest BCUT2D eigenvalue weighted by Crippen LogP contribution is 2.22. The molecule has 0 bridgehead atoms. The van der Waals surface area contributed by atoms with Crippen molar-refractivity contribution in [1.82, 2.24) is 25.2 Å². The van der Waals surface area contributed by atoms with Crippen LogP contribution in [0, 0.1) is 13.8 Å². The van der Waals surface area contributed by atoms with E-state index in [4.69, 9.17) is 4.52 Å². The SMILES string of the molecule is CCc1cc(C(=O)NCc2cn(C)nc2C)c2c(C)noc2n1. The largest absolute Gasteiger partial charge is 0.348 e. The average Bonchev–Trinajstić information content (AvgIpc) is 3.06. The van der Waals surface area contributed by atoms with E-state index in [9.17, 15) is 4.79 Å². The van der Waals surface area contributed by atoms with Crippen LogP contribution in [0.15, 0.2) is 16.8 Å². The minimum absolute atomic E-state index is 0.165. The fourth-order valence-corrected chi connectivity index (χ4v) is 2.60. The first-order valence-electron chi connectivity index (χ1n) is 7.52. The molecule has 0 aliphatic heterocycles. The first kappa shape index (κ1) is 15.2. The Morgan fingerprint density at radius 1 is 1.35 bits per heavy atom. The van der Waals surface area contributed by atoms with Crippen molar-refractivity contribution in [2.45, 2.75) is 33.7 Å². The highest BCUT2D eigenvalue weighted by molar-refractivity contribution is 6.06. The van der Waals surface area contributed by atoms with Crippen LogP contribution in [0.25, 0.3) is 11.1 Å². The molecule has 120 valence electrons. The summed E-state index contributed by atoms with van der Waals surface area (Å²) >= 11 is 0. The molecule has 7 nitrogen and oxygen atoms in total. The molecule has 1 N–H and O–H groups in total. The zero-order valence-corrected chi connectivity index (χ0v) is 13.7. The van der Waals surface area contributed by atoms with Gasteiger partial charge in [-0.25, -0.2) is 4.98 Å². The van der Waals surface area contributed by atoms with Crippen LogP contribution in [0.2, 0.25) is 0 Å². The van der Waals surface area contributed by atoms with E-state index in [1.807, 2.05) is 27.1 Å². The van der Waals surface area contributed by atoms with Crippen molar-refractivity contribution in [3.8, 4) is 0 Å². The molecule has 0 radical (unpaired) electrons. The third kappa shape index (κ3) is 2.81. The second-order valence-corrected chi connectivity index (χ2v) is 5.56. The Morgan fingerprint density at radius 2 is 2.13 bits per heavy atom. The zero-order valence-electron chi connectivity index (χ0n) is 13.7. The van der Waals surface area contributed by atoms with E-state index < -0.39 is 0 Å². The Hall–Kier alpha value is -2.70. The van der Waals surface area contributed by atoms with Gasteiger partial charge in [0.25, 0.3) is 11.6 Å². The highest BCUT2D eigenvalue weighted by Gasteiger charge is 2.18. The van der Waals surface area contributed by atoms with E-state index in [1.165, 1.54) is 0 Å². The van der Waals surface area contributed by atoms with Gasteiger partial charge in [0, 0.05) is 31.0 Å². The first-order chi connectivity index (χ1) is 11.0. The highest BCUT2D eigenvalue weighted by atomic mass is 16.5. The maximum Gasteiger partial charge on any atom is 0.258 e. The summed E-state index contributed by atoms with van der Waals surface area (Å²) in [5.41, 5.74) is 4.32. The summed E-state index contributed by atoms with van der Waals surface area (Å²) < 4.78 is 6.95. The van der Waals surface area contributed by atoms with Crippen molar-refractivity contribution < 1.29 is 9.32 Å². The van der Waals surface area contributed by atoms with E-state index in [0.29, 0.717) is 28.9 Å². The monoisotopic (exact) mass is 313 g/mol. The number of nitrogens with zero attached hydrogens (tertiary/aromatic N) is 4. The van der Waals surface area contributed by atoms with Crippen LogP contribution in [-0.4, -0.2) is 25.8 Å². The number of amides is 1. The van der Waals surface area contributed by atoms with Crippen LogP contribution in [0.5, 0.6) is 0 Å². The Labute approximate surface area is 133 Å². The van der Waals surface area contributed by atoms with E-state index in [-0.39, 0.29) is 5.91 Å². The molecule has 0 aromatic carbocycles. The lowest BCUT2D eigenvalue weighted by atomic mass is 10.1. The molecule has 0 unspecified atom stereocenters. The molecule has 3 aromatic rings.